The van der Waals surface area contributed by atoms with Gasteiger partial charge >= 0.3 is 0 Å². The highest BCUT2D eigenvalue weighted by Gasteiger charge is 2.04. The van der Waals surface area contributed by atoms with Gasteiger partial charge in [-0.3, -0.25) is 0 Å². The summed E-state index contributed by atoms with van der Waals surface area (Å²) < 4.78 is 17.7. The normalized spacial score (nSPS) is 9.73. The van der Waals surface area contributed by atoms with E-state index in [-0.39, 0.29) is 5.02 Å². The van der Waals surface area contributed by atoms with Gasteiger partial charge in [0.15, 0.2) is 0 Å². The van der Waals surface area contributed by atoms with Crippen LogP contribution in [0.2, 0.25) is 5.02 Å². The molecule has 0 spiro atoms. The Morgan fingerprint density at radius 3 is 2.91 bits per heavy atom. The van der Waals surface area contributed by atoms with Gasteiger partial charge in [0.25, 0.3) is 0 Å². The van der Waals surface area contributed by atoms with Crippen molar-refractivity contribution in [3.63, 3.8) is 0 Å². The molecule has 0 saturated heterocycles. The number of rotatable bonds is 2. The third kappa shape index (κ3) is 1.84. The van der Waals surface area contributed by atoms with Gasteiger partial charge in [0.05, 0.1) is 6.61 Å². The molecule has 1 aromatic rings. The van der Waals surface area contributed by atoms with E-state index in [4.69, 9.17) is 16.3 Å². The number of hydrogen-bond acceptors (Lipinski definition) is 1. The molecule has 0 amide bonds. The van der Waals surface area contributed by atoms with E-state index in [1.807, 2.05) is 6.92 Å². The van der Waals surface area contributed by atoms with Crippen molar-refractivity contribution in [2.24, 2.45) is 0 Å². The van der Waals surface area contributed by atoms with Crippen molar-refractivity contribution in [3.05, 3.63) is 29.0 Å². The van der Waals surface area contributed by atoms with Gasteiger partial charge in [0.1, 0.15) is 16.6 Å². The van der Waals surface area contributed by atoms with Crippen LogP contribution in [-0.4, -0.2) is 6.61 Å². The molecule has 0 aliphatic carbocycles. The lowest BCUT2D eigenvalue weighted by Gasteiger charge is -2.04. The zero-order valence-corrected chi connectivity index (χ0v) is 6.86. The largest absolute Gasteiger partial charge is 0.492 e. The summed E-state index contributed by atoms with van der Waals surface area (Å²) >= 11 is 5.57. The van der Waals surface area contributed by atoms with Gasteiger partial charge in [0.2, 0.25) is 0 Å². The highest BCUT2D eigenvalue weighted by atomic mass is 35.5. The minimum Gasteiger partial charge on any atom is -0.492 e. The molecule has 3 heteroatoms. The first kappa shape index (κ1) is 8.34. The molecule has 0 aliphatic rings. The summed E-state index contributed by atoms with van der Waals surface area (Å²) in [5.74, 6) is -0.0493. The molecule has 1 rings (SSSR count). The fourth-order valence-electron chi connectivity index (χ4n) is 0.751. The van der Waals surface area contributed by atoms with Crippen molar-refractivity contribution in [1.29, 1.82) is 0 Å². The maximum atomic E-state index is 12.7. The molecule has 1 nitrogen and oxygen atoms in total. The summed E-state index contributed by atoms with van der Waals surface area (Å²) in [5, 5.41) is 0.0503. The molecule has 0 bridgehead atoms. The Balaban J connectivity index is 2.96. The third-order valence-electron chi connectivity index (χ3n) is 1.22. The van der Waals surface area contributed by atoms with Crippen LogP contribution < -0.4 is 4.74 Å². The van der Waals surface area contributed by atoms with Crippen LogP contribution in [0.5, 0.6) is 5.75 Å². The van der Waals surface area contributed by atoms with Crippen molar-refractivity contribution in [2.75, 3.05) is 6.61 Å². The first-order chi connectivity index (χ1) is 5.25. The summed E-state index contributed by atoms with van der Waals surface area (Å²) in [6.07, 6.45) is 0. The van der Waals surface area contributed by atoms with E-state index in [0.29, 0.717) is 12.4 Å². The second-order valence-electron chi connectivity index (χ2n) is 1.98. The number of hydrogen-bond donors (Lipinski definition) is 0. The monoisotopic (exact) mass is 174 g/mol. The van der Waals surface area contributed by atoms with Crippen LogP contribution in [-0.2, 0) is 0 Å². The molecule has 0 atom stereocenters. The third-order valence-corrected chi connectivity index (χ3v) is 1.58. The molecular weight excluding hydrogens is 167 g/mol. The summed E-state index contributed by atoms with van der Waals surface area (Å²) in [6, 6.07) is 4.49. The van der Waals surface area contributed by atoms with Gasteiger partial charge in [-0.2, -0.15) is 0 Å². The molecule has 0 aromatic heterocycles. The highest BCUT2D eigenvalue weighted by Crippen LogP contribution is 2.26. The lowest BCUT2D eigenvalue weighted by Crippen LogP contribution is -1.92. The van der Waals surface area contributed by atoms with E-state index in [2.05, 4.69) is 0 Å². The average Bonchev–Trinajstić information content (AvgIpc) is 1.99. The van der Waals surface area contributed by atoms with Gasteiger partial charge in [-0.25, -0.2) is 4.39 Å². The second-order valence-corrected chi connectivity index (χ2v) is 2.36. The van der Waals surface area contributed by atoms with Gasteiger partial charge in [-0.05, 0) is 19.1 Å². The summed E-state index contributed by atoms with van der Waals surface area (Å²) in [5.41, 5.74) is 0. The predicted octanol–water partition coefficient (Wildman–Crippen LogP) is 2.88. The Morgan fingerprint density at radius 2 is 2.27 bits per heavy atom. The Morgan fingerprint density at radius 1 is 1.55 bits per heavy atom. The Bertz CT molecular complexity index is 250. The molecule has 60 valence electrons. The summed E-state index contributed by atoms with van der Waals surface area (Å²) in [6.45, 7) is 2.31. The lowest BCUT2D eigenvalue weighted by molar-refractivity contribution is 0.338. The van der Waals surface area contributed by atoms with E-state index in [9.17, 15) is 4.39 Å². The van der Waals surface area contributed by atoms with Crippen molar-refractivity contribution < 1.29 is 9.13 Å². The van der Waals surface area contributed by atoms with Crippen LogP contribution in [0.25, 0.3) is 0 Å². The topological polar surface area (TPSA) is 9.23 Å². The summed E-state index contributed by atoms with van der Waals surface area (Å²) in [7, 11) is 0. The fraction of sp³-hybridized carbons (Fsp3) is 0.250. The van der Waals surface area contributed by atoms with E-state index >= 15 is 0 Å². The van der Waals surface area contributed by atoms with Gasteiger partial charge < -0.3 is 4.74 Å². The van der Waals surface area contributed by atoms with E-state index in [1.54, 1.807) is 12.1 Å². The molecule has 0 radical (unpaired) electrons. The van der Waals surface area contributed by atoms with E-state index in [0.717, 1.165) is 0 Å². The van der Waals surface area contributed by atoms with Crippen LogP contribution in [0.3, 0.4) is 0 Å². The second kappa shape index (κ2) is 3.58. The van der Waals surface area contributed by atoms with Crippen LogP contribution in [0.4, 0.5) is 4.39 Å². The van der Waals surface area contributed by atoms with Crippen molar-refractivity contribution in [1.82, 2.24) is 0 Å². The molecule has 0 heterocycles. The highest BCUT2D eigenvalue weighted by molar-refractivity contribution is 6.32. The maximum Gasteiger partial charge on any atom is 0.145 e. The van der Waals surface area contributed by atoms with E-state index in [1.165, 1.54) is 6.07 Å². The molecule has 0 saturated carbocycles. The Labute approximate surface area is 69.7 Å². The molecule has 1 aromatic carbocycles. The molecule has 0 N–H and O–H groups in total. The molecular formula is C8H8ClFO. The Hall–Kier alpha value is -0.760. The first-order valence-corrected chi connectivity index (χ1v) is 3.70. The SMILES string of the molecule is CCOc1cccc(F)c1Cl. The molecule has 0 unspecified atom stereocenters. The number of benzene rings is 1. The quantitative estimate of drug-likeness (QED) is 0.670. The lowest BCUT2D eigenvalue weighted by atomic mass is 10.3. The van der Waals surface area contributed by atoms with Crippen molar-refractivity contribution >= 4 is 11.6 Å². The van der Waals surface area contributed by atoms with Gasteiger partial charge in [-0.15, -0.1) is 0 Å². The zero-order valence-electron chi connectivity index (χ0n) is 6.10. The molecule has 11 heavy (non-hydrogen) atoms. The average molecular weight is 175 g/mol. The predicted molar refractivity (Wildman–Crippen MR) is 42.6 cm³/mol. The van der Waals surface area contributed by atoms with Crippen LogP contribution in [0.15, 0.2) is 18.2 Å². The number of ether oxygens (including phenoxy) is 1. The van der Waals surface area contributed by atoms with Crippen LogP contribution in [0, 0.1) is 5.82 Å². The zero-order chi connectivity index (χ0) is 8.27. The van der Waals surface area contributed by atoms with Gasteiger partial charge in [0, 0.05) is 0 Å². The van der Waals surface area contributed by atoms with Crippen molar-refractivity contribution in [2.45, 2.75) is 6.92 Å². The number of halogens is 2. The minimum atomic E-state index is -0.447. The van der Waals surface area contributed by atoms with E-state index < -0.39 is 5.82 Å². The molecule has 0 aliphatic heterocycles. The van der Waals surface area contributed by atoms with Crippen molar-refractivity contribution in [3.8, 4) is 5.75 Å². The molecule has 0 fully saturated rings. The first-order valence-electron chi connectivity index (χ1n) is 3.32. The van der Waals surface area contributed by atoms with Crippen LogP contribution in [0.1, 0.15) is 6.92 Å². The standard InChI is InChI=1S/C8H8ClFO/c1-2-11-7-5-3-4-6(10)8(7)9/h3-5H,2H2,1H3. The Kier molecular flexibility index (Phi) is 2.71. The van der Waals surface area contributed by atoms with Gasteiger partial charge in [-0.1, -0.05) is 17.7 Å². The minimum absolute atomic E-state index is 0.0503. The summed E-state index contributed by atoms with van der Waals surface area (Å²) in [4.78, 5) is 0. The van der Waals surface area contributed by atoms with Crippen LogP contribution >= 0.6 is 11.6 Å². The smallest absolute Gasteiger partial charge is 0.145 e. The maximum absolute atomic E-state index is 12.7. The fourth-order valence-corrected chi connectivity index (χ4v) is 0.932.